The standard InChI is InChI=1S/C20H24N4O3/c25-18-7-4-10-24(18)17-8-11-23(12-9-17)20(26)21-13-16-14-27-19(22-16)15-5-2-1-3-6-15/h1-3,5-6,14,17H,4,7-13H2,(H,21,26). The summed E-state index contributed by atoms with van der Waals surface area (Å²) in [5.74, 6) is 0.814. The number of aromatic nitrogens is 1. The number of urea groups is 1. The monoisotopic (exact) mass is 368 g/mol. The summed E-state index contributed by atoms with van der Waals surface area (Å²) in [5.41, 5.74) is 1.60. The van der Waals surface area contributed by atoms with Gasteiger partial charge in [-0.2, -0.15) is 0 Å². The molecule has 3 heterocycles. The third-order valence-corrected chi connectivity index (χ3v) is 5.30. The van der Waals surface area contributed by atoms with Gasteiger partial charge in [0.2, 0.25) is 11.8 Å². The Morgan fingerprint density at radius 3 is 2.67 bits per heavy atom. The molecule has 1 N–H and O–H groups in total. The van der Waals surface area contributed by atoms with Crippen LogP contribution in [0, 0.1) is 0 Å². The number of piperidine rings is 1. The van der Waals surface area contributed by atoms with Crippen molar-refractivity contribution in [3.63, 3.8) is 0 Å². The lowest BCUT2D eigenvalue weighted by Crippen LogP contribution is -2.49. The van der Waals surface area contributed by atoms with Crippen LogP contribution in [0.5, 0.6) is 0 Å². The highest BCUT2D eigenvalue weighted by molar-refractivity contribution is 5.78. The van der Waals surface area contributed by atoms with Crippen molar-refractivity contribution in [2.24, 2.45) is 0 Å². The van der Waals surface area contributed by atoms with Gasteiger partial charge in [-0.25, -0.2) is 9.78 Å². The smallest absolute Gasteiger partial charge is 0.317 e. The molecule has 1 aromatic heterocycles. The van der Waals surface area contributed by atoms with Crippen molar-refractivity contribution in [1.29, 1.82) is 0 Å². The topological polar surface area (TPSA) is 78.7 Å². The van der Waals surface area contributed by atoms with Crippen LogP contribution in [-0.2, 0) is 11.3 Å². The minimum atomic E-state index is -0.0922. The molecule has 7 nitrogen and oxygen atoms in total. The maximum atomic E-state index is 12.4. The number of oxazole rings is 1. The Balaban J connectivity index is 1.26. The fraction of sp³-hybridized carbons (Fsp3) is 0.450. The summed E-state index contributed by atoms with van der Waals surface area (Å²) in [7, 11) is 0. The molecule has 0 bridgehead atoms. The molecule has 0 spiro atoms. The number of rotatable bonds is 4. The minimum absolute atomic E-state index is 0.0922. The van der Waals surface area contributed by atoms with E-state index < -0.39 is 0 Å². The van der Waals surface area contributed by atoms with Gasteiger partial charge in [0.1, 0.15) is 6.26 Å². The van der Waals surface area contributed by atoms with Crippen LogP contribution in [0.4, 0.5) is 4.79 Å². The van der Waals surface area contributed by atoms with Gasteiger partial charge in [-0.15, -0.1) is 0 Å². The van der Waals surface area contributed by atoms with E-state index in [1.54, 1.807) is 6.26 Å². The fourth-order valence-corrected chi connectivity index (χ4v) is 3.82. The van der Waals surface area contributed by atoms with Gasteiger partial charge in [-0.3, -0.25) is 4.79 Å². The molecule has 0 aliphatic carbocycles. The van der Waals surface area contributed by atoms with Crippen LogP contribution in [0.15, 0.2) is 41.0 Å². The summed E-state index contributed by atoms with van der Waals surface area (Å²) in [4.78, 5) is 32.5. The molecular weight excluding hydrogens is 344 g/mol. The van der Waals surface area contributed by atoms with E-state index in [-0.39, 0.29) is 18.0 Å². The van der Waals surface area contributed by atoms with Crippen LogP contribution in [0.25, 0.3) is 11.5 Å². The van der Waals surface area contributed by atoms with Crippen LogP contribution in [0.1, 0.15) is 31.4 Å². The van der Waals surface area contributed by atoms with Crippen LogP contribution in [-0.4, -0.2) is 52.4 Å². The van der Waals surface area contributed by atoms with Crippen LogP contribution >= 0.6 is 0 Å². The fourth-order valence-electron chi connectivity index (χ4n) is 3.82. The lowest BCUT2D eigenvalue weighted by molar-refractivity contribution is -0.130. The Morgan fingerprint density at radius 1 is 1.19 bits per heavy atom. The average Bonchev–Trinajstić information content (AvgIpc) is 3.36. The zero-order chi connectivity index (χ0) is 18.6. The lowest BCUT2D eigenvalue weighted by Gasteiger charge is -2.36. The van der Waals surface area contributed by atoms with Crippen LogP contribution in [0.3, 0.4) is 0 Å². The largest absolute Gasteiger partial charge is 0.444 e. The van der Waals surface area contributed by atoms with Crippen LogP contribution < -0.4 is 5.32 Å². The van der Waals surface area contributed by atoms with Gasteiger partial charge in [-0.05, 0) is 31.4 Å². The van der Waals surface area contributed by atoms with Gasteiger partial charge in [0.25, 0.3) is 0 Å². The molecule has 2 aromatic rings. The molecule has 2 saturated heterocycles. The number of amides is 3. The Kier molecular flexibility index (Phi) is 5.09. The molecule has 0 radical (unpaired) electrons. The molecule has 0 unspecified atom stereocenters. The second kappa shape index (κ2) is 7.82. The van der Waals surface area contributed by atoms with Crippen molar-refractivity contribution in [1.82, 2.24) is 20.1 Å². The predicted molar refractivity (Wildman–Crippen MR) is 99.7 cm³/mol. The van der Waals surface area contributed by atoms with Crippen molar-refractivity contribution in [3.8, 4) is 11.5 Å². The predicted octanol–water partition coefficient (Wildman–Crippen LogP) is 2.64. The maximum Gasteiger partial charge on any atom is 0.317 e. The van der Waals surface area contributed by atoms with Gasteiger partial charge in [0.05, 0.1) is 12.2 Å². The van der Waals surface area contributed by atoms with Gasteiger partial charge in [0.15, 0.2) is 0 Å². The van der Waals surface area contributed by atoms with Gasteiger partial charge in [-0.1, -0.05) is 18.2 Å². The molecule has 2 aliphatic heterocycles. The quantitative estimate of drug-likeness (QED) is 0.900. The van der Waals surface area contributed by atoms with Gasteiger partial charge in [0, 0.05) is 37.7 Å². The molecule has 2 fully saturated rings. The summed E-state index contributed by atoms with van der Waals surface area (Å²) in [5, 5.41) is 2.91. The Hall–Kier alpha value is -2.83. The summed E-state index contributed by atoms with van der Waals surface area (Å²) in [6.45, 7) is 2.55. The number of hydrogen-bond acceptors (Lipinski definition) is 4. The van der Waals surface area contributed by atoms with Crippen molar-refractivity contribution in [3.05, 3.63) is 42.3 Å². The minimum Gasteiger partial charge on any atom is -0.444 e. The Morgan fingerprint density at radius 2 is 1.96 bits per heavy atom. The SMILES string of the molecule is O=C(NCc1coc(-c2ccccc2)n1)N1CCC(N2CCCC2=O)CC1. The highest BCUT2D eigenvalue weighted by Gasteiger charge is 2.31. The average molecular weight is 368 g/mol. The van der Waals surface area contributed by atoms with Crippen molar-refractivity contribution < 1.29 is 14.0 Å². The van der Waals surface area contributed by atoms with E-state index in [1.807, 2.05) is 40.1 Å². The molecule has 27 heavy (non-hydrogen) atoms. The summed E-state index contributed by atoms with van der Waals surface area (Å²) >= 11 is 0. The van der Waals surface area contributed by atoms with Crippen LogP contribution in [0.2, 0.25) is 0 Å². The first-order valence-corrected chi connectivity index (χ1v) is 9.53. The first kappa shape index (κ1) is 17.6. The summed E-state index contributed by atoms with van der Waals surface area (Å²) in [6.07, 6.45) is 4.90. The number of nitrogens with zero attached hydrogens (tertiary/aromatic N) is 3. The Bertz CT molecular complexity index is 797. The maximum absolute atomic E-state index is 12.4. The zero-order valence-electron chi connectivity index (χ0n) is 15.3. The van der Waals surface area contributed by atoms with Gasteiger partial charge < -0.3 is 19.5 Å². The van der Waals surface area contributed by atoms with Crippen molar-refractivity contribution in [2.75, 3.05) is 19.6 Å². The number of hydrogen-bond donors (Lipinski definition) is 1. The molecule has 2 aliphatic rings. The Labute approximate surface area is 158 Å². The number of benzene rings is 1. The molecular formula is C20H24N4O3. The molecule has 3 amide bonds. The summed E-state index contributed by atoms with van der Waals surface area (Å²) < 4.78 is 5.50. The lowest BCUT2D eigenvalue weighted by atomic mass is 10.0. The second-order valence-electron chi connectivity index (χ2n) is 7.08. The number of carbonyl (C=O) groups is 2. The van der Waals surface area contributed by atoms with E-state index in [0.717, 1.165) is 31.4 Å². The highest BCUT2D eigenvalue weighted by atomic mass is 16.3. The molecule has 4 rings (SSSR count). The second-order valence-corrected chi connectivity index (χ2v) is 7.08. The van der Waals surface area contributed by atoms with E-state index in [2.05, 4.69) is 10.3 Å². The number of nitrogens with one attached hydrogen (secondary N) is 1. The van der Waals surface area contributed by atoms with E-state index in [1.165, 1.54) is 0 Å². The molecule has 142 valence electrons. The van der Waals surface area contributed by atoms with Gasteiger partial charge >= 0.3 is 6.03 Å². The van der Waals surface area contributed by atoms with E-state index in [9.17, 15) is 9.59 Å². The number of carbonyl (C=O) groups excluding carboxylic acids is 2. The molecule has 1 aromatic carbocycles. The first-order chi connectivity index (χ1) is 13.2. The molecule has 0 atom stereocenters. The molecule has 0 saturated carbocycles. The highest BCUT2D eigenvalue weighted by Crippen LogP contribution is 2.22. The third kappa shape index (κ3) is 3.97. The van der Waals surface area contributed by atoms with Crippen molar-refractivity contribution >= 4 is 11.9 Å². The normalized spacial score (nSPS) is 18.1. The third-order valence-electron chi connectivity index (χ3n) is 5.30. The molecule has 7 heteroatoms. The zero-order valence-corrected chi connectivity index (χ0v) is 15.3. The summed E-state index contributed by atoms with van der Waals surface area (Å²) in [6, 6.07) is 9.86. The number of likely N-dealkylation sites (tertiary alicyclic amines) is 2. The van der Waals surface area contributed by atoms with E-state index in [4.69, 9.17) is 4.42 Å². The van der Waals surface area contributed by atoms with Crippen molar-refractivity contribution in [2.45, 2.75) is 38.3 Å². The van der Waals surface area contributed by atoms with E-state index >= 15 is 0 Å². The van der Waals surface area contributed by atoms with E-state index in [0.29, 0.717) is 37.6 Å². The first-order valence-electron chi connectivity index (χ1n) is 9.53.